The lowest BCUT2D eigenvalue weighted by atomic mass is 10.1. The van der Waals surface area contributed by atoms with Gasteiger partial charge in [-0.2, -0.15) is 0 Å². The van der Waals surface area contributed by atoms with E-state index in [1.807, 2.05) is 64.9 Å². The molecule has 0 saturated carbocycles. The second-order valence-electron chi connectivity index (χ2n) is 5.97. The van der Waals surface area contributed by atoms with Gasteiger partial charge in [0.2, 0.25) is 5.91 Å². The third kappa shape index (κ3) is 6.10. The number of carbonyl (C=O) groups excluding carboxylic acids is 1. The normalized spacial score (nSPS) is 13.5. The quantitative estimate of drug-likeness (QED) is 0.759. The van der Waals surface area contributed by atoms with Crippen molar-refractivity contribution in [2.24, 2.45) is 5.92 Å². The van der Waals surface area contributed by atoms with Gasteiger partial charge in [0.05, 0.1) is 19.3 Å². The predicted octanol–water partition coefficient (Wildman–Crippen LogP) is 2.86. The van der Waals surface area contributed by atoms with Crippen LogP contribution >= 0.6 is 0 Å². The lowest BCUT2D eigenvalue weighted by Gasteiger charge is -2.21. The Morgan fingerprint density at radius 3 is 2.30 bits per heavy atom. The maximum absolute atomic E-state index is 12.2. The summed E-state index contributed by atoms with van der Waals surface area (Å²) in [5.41, 5.74) is 1.00. The second-order valence-corrected chi connectivity index (χ2v) is 5.97. The van der Waals surface area contributed by atoms with E-state index in [9.17, 15) is 4.79 Å². The van der Waals surface area contributed by atoms with Gasteiger partial charge in [-0.25, -0.2) is 0 Å². The molecular formula is C18H30N2O3. The highest BCUT2D eigenvalue weighted by Gasteiger charge is 2.18. The van der Waals surface area contributed by atoms with Gasteiger partial charge in [0.25, 0.3) is 0 Å². The first-order chi connectivity index (χ1) is 10.9. The molecule has 0 fully saturated rings. The van der Waals surface area contributed by atoms with Gasteiger partial charge in [0.1, 0.15) is 0 Å². The lowest BCUT2D eigenvalue weighted by molar-refractivity contribution is -0.125. The van der Waals surface area contributed by atoms with E-state index < -0.39 is 0 Å². The van der Waals surface area contributed by atoms with E-state index in [1.54, 1.807) is 0 Å². The van der Waals surface area contributed by atoms with Crippen LogP contribution < -0.4 is 14.8 Å². The zero-order valence-electron chi connectivity index (χ0n) is 15.2. The second kappa shape index (κ2) is 9.40. The summed E-state index contributed by atoms with van der Waals surface area (Å²) in [5.74, 6) is 1.45. The minimum atomic E-state index is -0.0815. The van der Waals surface area contributed by atoms with Crippen molar-refractivity contribution in [1.29, 1.82) is 0 Å². The summed E-state index contributed by atoms with van der Waals surface area (Å²) in [6.45, 7) is 9.69. The Morgan fingerprint density at radius 2 is 1.74 bits per heavy atom. The number of ether oxygens (including phenoxy) is 2. The van der Waals surface area contributed by atoms with Crippen molar-refractivity contribution in [2.75, 3.05) is 33.9 Å². The molecule has 5 nitrogen and oxygen atoms in total. The number of rotatable bonds is 9. The van der Waals surface area contributed by atoms with Crippen LogP contribution in [0, 0.1) is 5.92 Å². The van der Waals surface area contributed by atoms with Crippen LogP contribution in [-0.2, 0) is 4.79 Å². The van der Waals surface area contributed by atoms with Crippen LogP contribution in [0.3, 0.4) is 0 Å². The third-order valence-corrected chi connectivity index (χ3v) is 3.51. The van der Waals surface area contributed by atoms with Crippen molar-refractivity contribution in [3.8, 4) is 11.5 Å². The molecule has 1 aromatic carbocycles. The highest BCUT2D eigenvalue weighted by Crippen LogP contribution is 2.30. The standard InChI is InChI=1S/C18H30N2O3/c1-7-22-16-10-9-15(11-17(16)23-8-2)14(4)19-18(21)13(3)12-20(5)6/h9-11,13-14H,7-8,12H2,1-6H3,(H,19,21). The third-order valence-electron chi connectivity index (χ3n) is 3.51. The van der Waals surface area contributed by atoms with Gasteiger partial charge < -0.3 is 19.7 Å². The zero-order chi connectivity index (χ0) is 17.4. The first-order valence-electron chi connectivity index (χ1n) is 8.23. The smallest absolute Gasteiger partial charge is 0.224 e. The molecule has 0 saturated heterocycles. The number of carbonyl (C=O) groups is 1. The van der Waals surface area contributed by atoms with E-state index in [0.29, 0.717) is 19.0 Å². The molecule has 2 atom stereocenters. The lowest BCUT2D eigenvalue weighted by Crippen LogP contribution is -2.36. The van der Waals surface area contributed by atoms with Crippen LogP contribution in [0.1, 0.15) is 39.3 Å². The fourth-order valence-corrected chi connectivity index (χ4v) is 2.41. The maximum atomic E-state index is 12.2. The first kappa shape index (κ1) is 19.3. The molecule has 1 amide bonds. The highest BCUT2D eigenvalue weighted by molar-refractivity contribution is 5.79. The van der Waals surface area contributed by atoms with Crippen molar-refractivity contribution >= 4 is 5.91 Å². The van der Waals surface area contributed by atoms with Gasteiger partial charge in [-0.15, -0.1) is 0 Å². The molecule has 0 spiro atoms. The molecule has 1 aromatic rings. The molecular weight excluding hydrogens is 292 g/mol. The fourth-order valence-electron chi connectivity index (χ4n) is 2.41. The summed E-state index contributed by atoms with van der Waals surface area (Å²) in [6.07, 6.45) is 0. The summed E-state index contributed by atoms with van der Waals surface area (Å²) in [4.78, 5) is 14.3. The van der Waals surface area contributed by atoms with E-state index in [1.165, 1.54) is 0 Å². The molecule has 0 aliphatic rings. The minimum absolute atomic E-state index is 0.0537. The average molecular weight is 322 g/mol. The minimum Gasteiger partial charge on any atom is -0.490 e. The first-order valence-corrected chi connectivity index (χ1v) is 8.23. The van der Waals surface area contributed by atoms with Crippen molar-refractivity contribution < 1.29 is 14.3 Å². The van der Waals surface area contributed by atoms with E-state index in [4.69, 9.17) is 9.47 Å². The Hall–Kier alpha value is -1.75. The monoisotopic (exact) mass is 322 g/mol. The van der Waals surface area contributed by atoms with Gasteiger partial charge in [-0.05, 0) is 52.6 Å². The molecule has 0 aliphatic carbocycles. The Kier molecular flexibility index (Phi) is 7.89. The Morgan fingerprint density at radius 1 is 1.13 bits per heavy atom. The molecule has 130 valence electrons. The number of benzene rings is 1. The molecule has 0 radical (unpaired) electrons. The van der Waals surface area contributed by atoms with Gasteiger partial charge >= 0.3 is 0 Å². The van der Waals surface area contributed by atoms with E-state index >= 15 is 0 Å². The largest absolute Gasteiger partial charge is 0.490 e. The number of nitrogens with zero attached hydrogens (tertiary/aromatic N) is 1. The molecule has 23 heavy (non-hydrogen) atoms. The number of hydrogen-bond acceptors (Lipinski definition) is 4. The van der Waals surface area contributed by atoms with E-state index in [-0.39, 0.29) is 17.9 Å². The predicted molar refractivity (Wildman–Crippen MR) is 93.1 cm³/mol. The molecule has 0 heterocycles. The zero-order valence-corrected chi connectivity index (χ0v) is 15.2. The molecule has 0 aromatic heterocycles. The SMILES string of the molecule is CCOc1ccc(C(C)NC(=O)C(C)CN(C)C)cc1OCC. The Bertz CT molecular complexity index is 503. The van der Waals surface area contributed by atoms with E-state index in [0.717, 1.165) is 17.9 Å². The van der Waals surface area contributed by atoms with Gasteiger partial charge in [-0.1, -0.05) is 13.0 Å². The van der Waals surface area contributed by atoms with Gasteiger partial charge in [0, 0.05) is 12.5 Å². The van der Waals surface area contributed by atoms with Gasteiger partial charge in [0.15, 0.2) is 11.5 Å². The Balaban J connectivity index is 2.80. The van der Waals surface area contributed by atoms with Crippen molar-refractivity contribution in [3.05, 3.63) is 23.8 Å². The molecule has 2 unspecified atom stereocenters. The Labute approximate surface area is 140 Å². The molecule has 1 N–H and O–H groups in total. The summed E-state index contributed by atoms with van der Waals surface area (Å²) in [5, 5.41) is 3.06. The summed E-state index contributed by atoms with van der Waals surface area (Å²) < 4.78 is 11.2. The molecule has 0 bridgehead atoms. The average Bonchev–Trinajstić information content (AvgIpc) is 2.48. The summed E-state index contributed by atoms with van der Waals surface area (Å²) >= 11 is 0. The van der Waals surface area contributed by atoms with Crippen LogP contribution in [0.25, 0.3) is 0 Å². The van der Waals surface area contributed by atoms with Crippen LogP contribution in [0.4, 0.5) is 0 Å². The van der Waals surface area contributed by atoms with Crippen LogP contribution in [0.5, 0.6) is 11.5 Å². The maximum Gasteiger partial charge on any atom is 0.224 e. The number of nitrogens with one attached hydrogen (secondary N) is 1. The topological polar surface area (TPSA) is 50.8 Å². The van der Waals surface area contributed by atoms with Crippen LogP contribution in [-0.4, -0.2) is 44.7 Å². The summed E-state index contributed by atoms with van der Waals surface area (Å²) in [6, 6.07) is 5.72. The van der Waals surface area contributed by atoms with Crippen molar-refractivity contribution in [1.82, 2.24) is 10.2 Å². The van der Waals surface area contributed by atoms with Crippen LogP contribution in [0.2, 0.25) is 0 Å². The molecule has 5 heteroatoms. The van der Waals surface area contributed by atoms with Crippen molar-refractivity contribution in [3.63, 3.8) is 0 Å². The highest BCUT2D eigenvalue weighted by atomic mass is 16.5. The van der Waals surface area contributed by atoms with E-state index in [2.05, 4.69) is 5.32 Å². The van der Waals surface area contributed by atoms with Crippen LogP contribution in [0.15, 0.2) is 18.2 Å². The number of amides is 1. The number of hydrogen-bond donors (Lipinski definition) is 1. The molecule has 0 aliphatic heterocycles. The fraction of sp³-hybridized carbons (Fsp3) is 0.611. The molecule has 1 rings (SSSR count). The van der Waals surface area contributed by atoms with Gasteiger partial charge in [-0.3, -0.25) is 4.79 Å². The summed E-state index contributed by atoms with van der Waals surface area (Å²) in [7, 11) is 3.93. The van der Waals surface area contributed by atoms with Crippen molar-refractivity contribution in [2.45, 2.75) is 33.7 Å².